The van der Waals surface area contributed by atoms with Gasteiger partial charge in [0.05, 0.1) is 18.8 Å². The van der Waals surface area contributed by atoms with Crippen LogP contribution in [0.2, 0.25) is 0 Å². The van der Waals surface area contributed by atoms with Gasteiger partial charge in [-0.15, -0.1) is 0 Å². The molecule has 2 aliphatic rings. The van der Waals surface area contributed by atoms with E-state index in [1.165, 1.54) is 18.9 Å². The minimum Gasteiger partial charge on any atom is -0.490 e. The largest absolute Gasteiger partial charge is 0.490 e. The van der Waals surface area contributed by atoms with Crippen LogP contribution in [0.5, 0.6) is 5.75 Å². The molecule has 2 fully saturated rings. The Kier molecular flexibility index (Phi) is 5.34. The van der Waals surface area contributed by atoms with Crippen molar-refractivity contribution in [1.29, 1.82) is 0 Å². The van der Waals surface area contributed by atoms with Crippen LogP contribution in [0.15, 0.2) is 36.9 Å². The van der Waals surface area contributed by atoms with E-state index in [2.05, 4.69) is 6.58 Å². The Morgan fingerprint density at radius 2 is 2.09 bits per heavy atom. The summed E-state index contributed by atoms with van der Waals surface area (Å²) in [6.45, 7) is 5.50. The second-order valence-corrected chi connectivity index (χ2v) is 6.32. The third-order valence-corrected chi connectivity index (χ3v) is 4.71. The standard InChI is InChI=1S/C19H25NO3/c1-2-19(21)20(16-11-12-22-14-16)13-15-7-3-6-10-18(15)23-17-8-4-5-9-17/h2-3,6-7,10,16-17H,1,4-5,8-9,11-14H2. The Morgan fingerprint density at radius 1 is 1.30 bits per heavy atom. The van der Waals surface area contributed by atoms with Gasteiger partial charge in [-0.25, -0.2) is 0 Å². The minimum atomic E-state index is -0.0452. The normalized spacial score (nSPS) is 21.3. The first-order valence-corrected chi connectivity index (χ1v) is 8.53. The van der Waals surface area contributed by atoms with Crippen LogP contribution in [0.25, 0.3) is 0 Å². The maximum absolute atomic E-state index is 12.3. The van der Waals surface area contributed by atoms with Crippen molar-refractivity contribution in [2.45, 2.75) is 50.8 Å². The molecule has 4 nitrogen and oxygen atoms in total. The molecule has 1 aromatic rings. The van der Waals surface area contributed by atoms with Gasteiger partial charge < -0.3 is 14.4 Å². The van der Waals surface area contributed by atoms with E-state index in [9.17, 15) is 4.79 Å². The van der Waals surface area contributed by atoms with Crippen LogP contribution in [0.3, 0.4) is 0 Å². The van der Waals surface area contributed by atoms with Crippen molar-refractivity contribution in [3.8, 4) is 5.75 Å². The molecule has 1 saturated heterocycles. The van der Waals surface area contributed by atoms with Gasteiger partial charge >= 0.3 is 0 Å². The van der Waals surface area contributed by atoms with E-state index >= 15 is 0 Å². The predicted molar refractivity (Wildman–Crippen MR) is 89.3 cm³/mol. The monoisotopic (exact) mass is 315 g/mol. The summed E-state index contributed by atoms with van der Waals surface area (Å²) in [6, 6.07) is 8.17. The summed E-state index contributed by atoms with van der Waals surface area (Å²) in [5, 5.41) is 0. The van der Waals surface area contributed by atoms with Gasteiger partial charge in [0.1, 0.15) is 5.75 Å². The topological polar surface area (TPSA) is 38.8 Å². The molecule has 0 N–H and O–H groups in total. The molecule has 1 amide bonds. The van der Waals surface area contributed by atoms with E-state index < -0.39 is 0 Å². The molecule has 124 valence electrons. The van der Waals surface area contributed by atoms with E-state index in [0.29, 0.717) is 25.9 Å². The number of hydrogen-bond donors (Lipinski definition) is 0. The van der Waals surface area contributed by atoms with Gasteiger partial charge in [0.15, 0.2) is 0 Å². The zero-order valence-electron chi connectivity index (χ0n) is 13.6. The molecule has 1 aliphatic heterocycles. The SMILES string of the molecule is C=CC(=O)N(Cc1ccccc1OC1CCCC1)C1CCOC1. The molecule has 23 heavy (non-hydrogen) atoms. The number of amides is 1. The summed E-state index contributed by atoms with van der Waals surface area (Å²) in [7, 11) is 0. The van der Waals surface area contributed by atoms with Gasteiger partial charge in [0.2, 0.25) is 5.91 Å². The first-order chi connectivity index (χ1) is 11.3. The molecule has 0 aromatic heterocycles. The van der Waals surface area contributed by atoms with Crippen LogP contribution in [-0.2, 0) is 16.1 Å². The molecule has 1 aromatic carbocycles. The number of hydrogen-bond acceptors (Lipinski definition) is 3. The Morgan fingerprint density at radius 3 is 2.78 bits per heavy atom. The highest BCUT2D eigenvalue weighted by atomic mass is 16.5. The van der Waals surface area contributed by atoms with E-state index in [1.54, 1.807) is 0 Å². The fourth-order valence-electron chi connectivity index (χ4n) is 3.39. The molecule has 1 saturated carbocycles. The van der Waals surface area contributed by atoms with Crippen LogP contribution in [0, 0.1) is 0 Å². The molecule has 3 rings (SSSR count). The molecular formula is C19H25NO3. The fourth-order valence-corrected chi connectivity index (χ4v) is 3.39. The summed E-state index contributed by atoms with van der Waals surface area (Å²) in [5.41, 5.74) is 1.06. The molecule has 1 heterocycles. The van der Waals surface area contributed by atoms with E-state index in [4.69, 9.17) is 9.47 Å². The van der Waals surface area contributed by atoms with Gasteiger partial charge in [0.25, 0.3) is 0 Å². The van der Waals surface area contributed by atoms with Crippen molar-refractivity contribution < 1.29 is 14.3 Å². The lowest BCUT2D eigenvalue weighted by molar-refractivity contribution is -0.129. The van der Waals surface area contributed by atoms with Crippen LogP contribution < -0.4 is 4.74 Å². The minimum absolute atomic E-state index is 0.0452. The molecule has 0 radical (unpaired) electrons. The molecule has 1 aliphatic carbocycles. The molecular weight excluding hydrogens is 290 g/mol. The molecule has 0 spiro atoms. The van der Waals surface area contributed by atoms with Crippen molar-refractivity contribution in [3.63, 3.8) is 0 Å². The van der Waals surface area contributed by atoms with E-state index in [0.717, 1.165) is 30.6 Å². The second kappa shape index (κ2) is 7.64. The lowest BCUT2D eigenvalue weighted by Gasteiger charge is -2.28. The average molecular weight is 315 g/mol. The van der Waals surface area contributed by atoms with Crippen molar-refractivity contribution >= 4 is 5.91 Å². The average Bonchev–Trinajstić information content (AvgIpc) is 3.27. The van der Waals surface area contributed by atoms with Crippen LogP contribution >= 0.6 is 0 Å². The maximum atomic E-state index is 12.3. The number of benzene rings is 1. The first-order valence-electron chi connectivity index (χ1n) is 8.53. The van der Waals surface area contributed by atoms with E-state index in [-0.39, 0.29) is 11.9 Å². The number of carbonyl (C=O) groups is 1. The fraction of sp³-hybridized carbons (Fsp3) is 0.526. The summed E-state index contributed by atoms with van der Waals surface area (Å²) in [6.07, 6.45) is 7.32. The number of ether oxygens (including phenoxy) is 2. The number of carbonyl (C=O) groups excluding carboxylic acids is 1. The quantitative estimate of drug-likeness (QED) is 0.756. The van der Waals surface area contributed by atoms with E-state index in [1.807, 2.05) is 29.2 Å². The third-order valence-electron chi connectivity index (χ3n) is 4.71. The smallest absolute Gasteiger partial charge is 0.246 e. The molecule has 1 atom stereocenters. The highest BCUT2D eigenvalue weighted by molar-refractivity contribution is 5.87. The molecule has 4 heteroatoms. The Balaban J connectivity index is 1.76. The first kappa shape index (κ1) is 16.1. The van der Waals surface area contributed by atoms with Crippen molar-refractivity contribution in [2.75, 3.05) is 13.2 Å². The van der Waals surface area contributed by atoms with Crippen molar-refractivity contribution in [1.82, 2.24) is 4.90 Å². The van der Waals surface area contributed by atoms with Crippen LogP contribution in [0.1, 0.15) is 37.7 Å². The van der Waals surface area contributed by atoms with Crippen molar-refractivity contribution in [2.24, 2.45) is 0 Å². The van der Waals surface area contributed by atoms with Crippen LogP contribution in [-0.4, -0.2) is 36.2 Å². The van der Waals surface area contributed by atoms with Gasteiger partial charge in [-0.1, -0.05) is 24.8 Å². The third kappa shape index (κ3) is 3.94. The maximum Gasteiger partial charge on any atom is 0.246 e. The van der Waals surface area contributed by atoms with Crippen molar-refractivity contribution in [3.05, 3.63) is 42.5 Å². The Hall–Kier alpha value is -1.81. The van der Waals surface area contributed by atoms with Crippen LogP contribution in [0.4, 0.5) is 0 Å². The Bertz CT molecular complexity index is 545. The number of nitrogens with zero attached hydrogens (tertiary/aromatic N) is 1. The Labute approximate surface area is 138 Å². The summed E-state index contributed by atoms with van der Waals surface area (Å²) < 4.78 is 11.6. The highest BCUT2D eigenvalue weighted by Gasteiger charge is 2.27. The summed E-state index contributed by atoms with van der Waals surface area (Å²) >= 11 is 0. The zero-order chi connectivity index (χ0) is 16.1. The molecule has 1 unspecified atom stereocenters. The number of rotatable bonds is 6. The van der Waals surface area contributed by atoms with Gasteiger partial charge in [-0.3, -0.25) is 4.79 Å². The number of para-hydroxylation sites is 1. The summed E-state index contributed by atoms with van der Waals surface area (Å²) in [4.78, 5) is 14.1. The van der Waals surface area contributed by atoms with Gasteiger partial charge in [-0.05, 0) is 44.2 Å². The van der Waals surface area contributed by atoms with Gasteiger partial charge in [0, 0.05) is 18.7 Å². The second-order valence-electron chi connectivity index (χ2n) is 6.32. The predicted octanol–water partition coefficient (Wildman–Crippen LogP) is 3.31. The molecule has 0 bridgehead atoms. The zero-order valence-corrected chi connectivity index (χ0v) is 13.6. The lowest BCUT2D eigenvalue weighted by Crippen LogP contribution is -2.39. The lowest BCUT2D eigenvalue weighted by atomic mass is 10.1. The highest BCUT2D eigenvalue weighted by Crippen LogP contribution is 2.28. The summed E-state index contributed by atoms with van der Waals surface area (Å²) in [5.74, 6) is 0.858. The van der Waals surface area contributed by atoms with Gasteiger partial charge in [-0.2, -0.15) is 0 Å².